The van der Waals surface area contributed by atoms with Gasteiger partial charge in [-0.3, -0.25) is 0 Å². The van der Waals surface area contributed by atoms with Crippen molar-refractivity contribution >= 4 is 0 Å². The second-order valence-corrected chi connectivity index (χ2v) is 4.58. The SMILES string of the molecule is Cc1nc(C2(C)CCCO2)nc(C)c1CN. The molecule has 0 aliphatic carbocycles. The normalized spacial score (nSPS) is 25.0. The maximum Gasteiger partial charge on any atom is 0.160 e. The maximum absolute atomic E-state index is 5.75. The smallest absolute Gasteiger partial charge is 0.160 e. The third kappa shape index (κ3) is 1.83. The monoisotopic (exact) mass is 221 g/mol. The van der Waals surface area contributed by atoms with Crippen molar-refractivity contribution in [2.75, 3.05) is 6.61 Å². The maximum atomic E-state index is 5.75. The molecule has 4 nitrogen and oxygen atoms in total. The predicted octanol–water partition coefficient (Wildman–Crippen LogP) is 1.58. The Hall–Kier alpha value is -1.00. The summed E-state index contributed by atoms with van der Waals surface area (Å²) in [4.78, 5) is 9.08. The molecule has 0 spiro atoms. The quantitative estimate of drug-likeness (QED) is 0.823. The number of rotatable bonds is 2. The lowest BCUT2D eigenvalue weighted by atomic mass is 10.0. The highest BCUT2D eigenvalue weighted by Gasteiger charge is 2.35. The van der Waals surface area contributed by atoms with E-state index in [1.54, 1.807) is 0 Å². The lowest BCUT2D eigenvalue weighted by Gasteiger charge is -2.22. The molecule has 2 rings (SSSR count). The molecule has 1 aromatic rings. The lowest BCUT2D eigenvalue weighted by molar-refractivity contribution is 0.00902. The highest BCUT2D eigenvalue weighted by atomic mass is 16.5. The summed E-state index contributed by atoms with van der Waals surface area (Å²) < 4.78 is 5.75. The van der Waals surface area contributed by atoms with Gasteiger partial charge in [0.25, 0.3) is 0 Å². The Kier molecular flexibility index (Phi) is 2.95. The molecule has 1 aromatic heterocycles. The van der Waals surface area contributed by atoms with Gasteiger partial charge in [-0.25, -0.2) is 9.97 Å². The first-order chi connectivity index (χ1) is 7.57. The van der Waals surface area contributed by atoms with Gasteiger partial charge in [-0.2, -0.15) is 0 Å². The molecular formula is C12H19N3O. The molecule has 0 radical (unpaired) electrons. The fourth-order valence-electron chi connectivity index (χ4n) is 2.23. The van der Waals surface area contributed by atoms with Crippen LogP contribution in [0.2, 0.25) is 0 Å². The van der Waals surface area contributed by atoms with Gasteiger partial charge in [0.2, 0.25) is 0 Å². The molecule has 88 valence electrons. The minimum absolute atomic E-state index is 0.303. The minimum Gasteiger partial charge on any atom is -0.367 e. The van der Waals surface area contributed by atoms with Crippen molar-refractivity contribution in [2.45, 2.75) is 45.8 Å². The van der Waals surface area contributed by atoms with Crippen molar-refractivity contribution in [3.63, 3.8) is 0 Å². The van der Waals surface area contributed by atoms with Crippen LogP contribution in [0, 0.1) is 13.8 Å². The van der Waals surface area contributed by atoms with Crippen LogP contribution in [0.3, 0.4) is 0 Å². The predicted molar refractivity (Wildman–Crippen MR) is 61.9 cm³/mol. The third-order valence-electron chi connectivity index (χ3n) is 3.32. The molecule has 0 amide bonds. The van der Waals surface area contributed by atoms with Gasteiger partial charge in [0.15, 0.2) is 5.82 Å². The Bertz CT molecular complexity index is 374. The molecule has 1 atom stereocenters. The second-order valence-electron chi connectivity index (χ2n) is 4.58. The summed E-state index contributed by atoms with van der Waals surface area (Å²) in [7, 11) is 0. The van der Waals surface area contributed by atoms with Crippen LogP contribution in [0.15, 0.2) is 0 Å². The first-order valence-corrected chi connectivity index (χ1v) is 5.75. The summed E-state index contributed by atoms with van der Waals surface area (Å²) in [5, 5.41) is 0. The number of nitrogens with zero attached hydrogens (tertiary/aromatic N) is 2. The van der Waals surface area contributed by atoms with Gasteiger partial charge in [0.05, 0.1) is 0 Å². The molecular weight excluding hydrogens is 202 g/mol. The van der Waals surface area contributed by atoms with Crippen molar-refractivity contribution in [1.82, 2.24) is 9.97 Å². The van der Waals surface area contributed by atoms with E-state index in [1.807, 2.05) is 13.8 Å². The van der Waals surface area contributed by atoms with Crippen LogP contribution in [0.5, 0.6) is 0 Å². The van der Waals surface area contributed by atoms with E-state index in [0.29, 0.717) is 6.54 Å². The van der Waals surface area contributed by atoms with Gasteiger partial charge in [-0.15, -0.1) is 0 Å². The van der Waals surface area contributed by atoms with Crippen LogP contribution in [-0.2, 0) is 16.9 Å². The van der Waals surface area contributed by atoms with Crippen molar-refractivity contribution in [1.29, 1.82) is 0 Å². The third-order valence-corrected chi connectivity index (χ3v) is 3.32. The molecule has 1 saturated heterocycles. The molecule has 0 bridgehead atoms. The molecule has 2 heterocycles. The van der Waals surface area contributed by atoms with Crippen LogP contribution in [0.25, 0.3) is 0 Å². The highest BCUT2D eigenvalue weighted by molar-refractivity contribution is 5.25. The number of hydrogen-bond donors (Lipinski definition) is 1. The minimum atomic E-state index is -0.303. The first kappa shape index (κ1) is 11.5. The van der Waals surface area contributed by atoms with Crippen LogP contribution in [0.1, 0.15) is 42.5 Å². The Balaban J connectivity index is 2.43. The molecule has 2 N–H and O–H groups in total. The first-order valence-electron chi connectivity index (χ1n) is 5.75. The average molecular weight is 221 g/mol. The van der Waals surface area contributed by atoms with Gasteiger partial charge in [0.1, 0.15) is 5.60 Å². The van der Waals surface area contributed by atoms with Crippen molar-refractivity contribution in [3.05, 3.63) is 22.8 Å². The van der Waals surface area contributed by atoms with E-state index < -0.39 is 0 Å². The Morgan fingerprint density at radius 3 is 2.38 bits per heavy atom. The molecule has 1 fully saturated rings. The van der Waals surface area contributed by atoms with E-state index in [9.17, 15) is 0 Å². The molecule has 4 heteroatoms. The number of aryl methyl sites for hydroxylation is 2. The van der Waals surface area contributed by atoms with E-state index in [2.05, 4.69) is 16.9 Å². The topological polar surface area (TPSA) is 61.0 Å². The fraction of sp³-hybridized carbons (Fsp3) is 0.667. The van der Waals surface area contributed by atoms with Gasteiger partial charge in [-0.05, 0) is 33.6 Å². The average Bonchev–Trinajstić information content (AvgIpc) is 2.66. The van der Waals surface area contributed by atoms with Crippen LogP contribution >= 0.6 is 0 Å². The van der Waals surface area contributed by atoms with Crippen LogP contribution in [-0.4, -0.2) is 16.6 Å². The molecule has 16 heavy (non-hydrogen) atoms. The zero-order valence-corrected chi connectivity index (χ0v) is 10.2. The molecule has 0 saturated carbocycles. The van der Waals surface area contributed by atoms with Crippen molar-refractivity contribution in [2.24, 2.45) is 5.73 Å². The summed E-state index contributed by atoms with van der Waals surface area (Å²) in [5.41, 5.74) is 8.37. The summed E-state index contributed by atoms with van der Waals surface area (Å²) in [6.07, 6.45) is 2.07. The van der Waals surface area contributed by atoms with E-state index in [4.69, 9.17) is 10.5 Å². The summed E-state index contributed by atoms with van der Waals surface area (Å²) in [5.74, 6) is 0.803. The zero-order chi connectivity index (χ0) is 11.8. The fourth-order valence-corrected chi connectivity index (χ4v) is 2.23. The van der Waals surface area contributed by atoms with Gasteiger partial charge < -0.3 is 10.5 Å². The zero-order valence-electron chi connectivity index (χ0n) is 10.2. The van der Waals surface area contributed by atoms with Crippen molar-refractivity contribution < 1.29 is 4.74 Å². The summed E-state index contributed by atoms with van der Waals surface area (Å²) in [6, 6.07) is 0. The van der Waals surface area contributed by atoms with Gasteiger partial charge in [-0.1, -0.05) is 0 Å². The van der Waals surface area contributed by atoms with Crippen LogP contribution in [0.4, 0.5) is 0 Å². The van der Waals surface area contributed by atoms with Crippen LogP contribution < -0.4 is 5.73 Å². The van der Waals surface area contributed by atoms with Gasteiger partial charge in [0, 0.05) is 30.1 Å². The summed E-state index contributed by atoms with van der Waals surface area (Å²) >= 11 is 0. The van der Waals surface area contributed by atoms with E-state index in [-0.39, 0.29) is 5.60 Å². The Labute approximate surface area is 96.2 Å². The second kappa shape index (κ2) is 4.11. The molecule has 1 unspecified atom stereocenters. The lowest BCUT2D eigenvalue weighted by Crippen LogP contribution is -2.25. The van der Waals surface area contributed by atoms with E-state index in [1.165, 1.54) is 0 Å². The Morgan fingerprint density at radius 2 is 1.94 bits per heavy atom. The largest absolute Gasteiger partial charge is 0.367 e. The molecule has 1 aliphatic heterocycles. The van der Waals surface area contributed by atoms with E-state index >= 15 is 0 Å². The number of aromatic nitrogens is 2. The van der Waals surface area contributed by atoms with Gasteiger partial charge >= 0.3 is 0 Å². The number of nitrogens with two attached hydrogens (primary N) is 1. The standard InChI is InChI=1S/C12H19N3O/c1-8-10(7-13)9(2)15-11(14-8)12(3)5-4-6-16-12/h4-7,13H2,1-3H3. The molecule has 0 aromatic carbocycles. The molecule has 1 aliphatic rings. The summed E-state index contributed by atoms with van der Waals surface area (Å²) in [6.45, 7) is 7.33. The number of ether oxygens (including phenoxy) is 1. The highest BCUT2D eigenvalue weighted by Crippen LogP contribution is 2.33. The number of hydrogen-bond acceptors (Lipinski definition) is 4. The Morgan fingerprint density at radius 1 is 1.31 bits per heavy atom. The van der Waals surface area contributed by atoms with E-state index in [0.717, 1.165) is 42.2 Å². The van der Waals surface area contributed by atoms with Crippen molar-refractivity contribution in [3.8, 4) is 0 Å².